The van der Waals surface area contributed by atoms with Crippen molar-refractivity contribution in [1.29, 1.82) is 0 Å². The fourth-order valence-electron chi connectivity index (χ4n) is 2.62. The molecule has 0 bridgehead atoms. The third-order valence-electron chi connectivity index (χ3n) is 3.82. The van der Waals surface area contributed by atoms with E-state index in [1.165, 1.54) is 0 Å². The molecule has 1 amide bonds. The number of nitrogens with one attached hydrogen (secondary N) is 2. The maximum atomic E-state index is 12.1. The van der Waals surface area contributed by atoms with E-state index in [4.69, 9.17) is 14.0 Å². The highest BCUT2D eigenvalue weighted by Gasteiger charge is 2.32. The number of carbonyl (C=O) groups excluding carboxylic acids is 1. The van der Waals surface area contributed by atoms with Crippen molar-refractivity contribution in [2.24, 2.45) is 5.41 Å². The molecule has 1 aliphatic rings. The third kappa shape index (κ3) is 4.26. The van der Waals surface area contributed by atoms with E-state index in [9.17, 15) is 4.79 Å². The number of rotatable bonds is 7. The standard InChI is InChI=1S/C14H23N3O4/c1-19-8-11-7-12(17-21-11)13(18)16-9-14(10-20-2)3-5-15-6-4-14/h7,15H,3-6,8-10H2,1-2H3,(H,16,18). The van der Waals surface area contributed by atoms with Crippen LogP contribution in [0.3, 0.4) is 0 Å². The zero-order valence-corrected chi connectivity index (χ0v) is 12.6. The van der Waals surface area contributed by atoms with Gasteiger partial charge in [0.15, 0.2) is 11.5 Å². The summed E-state index contributed by atoms with van der Waals surface area (Å²) in [7, 11) is 3.26. The summed E-state index contributed by atoms with van der Waals surface area (Å²) < 4.78 is 15.3. The zero-order chi connectivity index (χ0) is 15.1. The Kier molecular flexibility index (Phi) is 5.72. The van der Waals surface area contributed by atoms with Gasteiger partial charge in [0.05, 0.1) is 6.61 Å². The first-order chi connectivity index (χ1) is 10.2. The Morgan fingerprint density at radius 3 is 2.86 bits per heavy atom. The number of carbonyl (C=O) groups is 1. The number of ether oxygens (including phenoxy) is 2. The van der Waals surface area contributed by atoms with Gasteiger partial charge in [0.1, 0.15) is 6.61 Å². The molecule has 21 heavy (non-hydrogen) atoms. The Hall–Kier alpha value is -1.44. The molecule has 1 aromatic heterocycles. The predicted molar refractivity (Wildman–Crippen MR) is 76.0 cm³/mol. The molecule has 0 saturated carbocycles. The van der Waals surface area contributed by atoms with E-state index >= 15 is 0 Å². The van der Waals surface area contributed by atoms with Gasteiger partial charge in [-0.3, -0.25) is 4.79 Å². The van der Waals surface area contributed by atoms with Crippen LogP contribution in [-0.2, 0) is 16.1 Å². The molecule has 0 aliphatic carbocycles. The van der Waals surface area contributed by atoms with E-state index < -0.39 is 0 Å². The van der Waals surface area contributed by atoms with Gasteiger partial charge in [-0.05, 0) is 25.9 Å². The lowest BCUT2D eigenvalue weighted by molar-refractivity contribution is 0.0510. The molecule has 1 saturated heterocycles. The number of amides is 1. The average molecular weight is 297 g/mol. The van der Waals surface area contributed by atoms with E-state index in [1.807, 2.05) is 0 Å². The predicted octanol–water partition coefficient (Wildman–Crippen LogP) is 0.567. The van der Waals surface area contributed by atoms with Gasteiger partial charge < -0.3 is 24.6 Å². The van der Waals surface area contributed by atoms with Crippen molar-refractivity contribution in [3.8, 4) is 0 Å². The Morgan fingerprint density at radius 2 is 2.19 bits per heavy atom. The quantitative estimate of drug-likeness (QED) is 0.765. The number of hydrogen-bond donors (Lipinski definition) is 2. The molecule has 0 radical (unpaired) electrons. The van der Waals surface area contributed by atoms with Gasteiger partial charge in [-0.25, -0.2) is 0 Å². The lowest BCUT2D eigenvalue weighted by atomic mass is 9.79. The van der Waals surface area contributed by atoms with E-state index in [1.54, 1.807) is 20.3 Å². The van der Waals surface area contributed by atoms with Crippen molar-refractivity contribution in [1.82, 2.24) is 15.8 Å². The fraction of sp³-hybridized carbons (Fsp3) is 0.714. The molecule has 2 rings (SSSR count). The van der Waals surface area contributed by atoms with Crippen molar-refractivity contribution >= 4 is 5.91 Å². The lowest BCUT2D eigenvalue weighted by Gasteiger charge is -2.37. The summed E-state index contributed by atoms with van der Waals surface area (Å²) >= 11 is 0. The topological polar surface area (TPSA) is 85.6 Å². The molecule has 1 fully saturated rings. The molecule has 0 atom stereocenters. The van der Waals surface area contributed by atoms with E-state index in [0.717, 1.165) is 25.9 Å². The molecular weight excluding hydrogens is 274 g/mol. The second-order valence-corrected chi connectivity index (χ2v) is 5.48. The summed E-state index contributed by atoms with van der Waals surface area (Å²) in [4.78, 5) is 12.1. The number of methoxy groups -OCH3 is 2. The van der Waals surface area contributed by atoms with Crippen LogP contribution in [-0.4, -0.2) is 51.5 Å². The number of piperidine rings is 1. The van der Waals surface area contributed by atoms with Crippen LogP contribution in [0.25, 0.3) is 0 Å². The molecule has 1 aliphatic heterocycles. The maximum absolute atomic E-state index is 12.1. The molecule has 1 aromatic rings. The van der Waals surface area contributed by atoms with E-state index in [0.29, 0.717) is 25.5 Å². The van der Waals surface area contributed by atoms with Crippen molar-refractivity contribution in [2.75, 3.05) is 40.5 Å². The second-order valence-electron chi connectivity index (χ2n) is 5.48. The zero-order valence-electron chi connectivity index (χ0n) is 12.6. The Labute approximate surface area is 124 Å². The van der Waals surface area contributed by atoms with Gasteiger partial charge in [0.2, 0.25) is 0 Å². The van der Waals surface area contributed by atoms with Crippen LogP contribution in [0.2, 0.25) is 0 Å². The van der Waals surface area contributed by atoms with Gasteiger partial charge in [0, 0.05) is 32.2 Å². The summed E-state index contributed by atoms with van der Waals surface area (Å²) in [6.45, 7) is 3.42. The molecule has 2 N–H and O–H groups in total. The number of aromatic nitrogens is 1. The minimum atomic E-state index is -0.227. The first-order valence-electron chi connectivity index (χ1n) is 7.11. The summed E-state index contributed by atoms with van der Waals surface area (Å²) in [6.07, 6.45) is 1.96. The summed E-state index contributed by atoms with van der Waals surface area (Å²) in [5.74, 6) is 0.311. The molecule has 0 spiro atoms. The van der Waals surface area contributed by atoms with Crippen LogP contribution in [0.15, 0.2) is 10.6 Å². The van der Waals surface area contributed by atoms with E-state index in [2.05, 4.69) is 15.8 Å². The van der Waals surface area contributed by atoms with Gasteiger partial charge in [0.25, 0.3) is 5.91 Å². The SMILES string of the molecule is COCc1cc(C(=O)NCC2(COC)CCNCC2)no1. The molecule has 118 valence electrons. The number of hydrogen-bond acceptors (Lipinski definition) is 6. The third-order valence-corrected chi connectivity index (χ3v) is 3.82. The van der Waals surface area contributed by atoms with Crippen molar-refractivity contribution in [3.63, 3.8) is 0 Å². The Balaban J connectivity index is 1.91. The Morgan fingerprint density at radius 1 is 1.43 bits per heavy atom. The Bertz CT molecular complexity index is 449. The normalized spacial score (nSPS) is 17.6. The molecule has 7 nitrogen and oxygen atoms in total. The largest absolute Gasteiger partial charge is 0.384 e. The highest BCUT2D eigenvalue weighted by molar-refractivity contribution is 5.92. The summed E-state index contributed by atoms with van der Waals surface area (Å²) in [6, 6.07) is 1.60. The van der Waals surface area contributed by atoms with Crippen LogP contribution >= 0.6 is 0 Å². The highest BCUT2D eigenvalue weighted by atomic mass is 16.5. The van der Waals surface area contributed by atoms with Crippen LogP contribution < -0.4 is 10.6 Å². The summed E-state index contributed by atoms with van der Waals surface area (Å²) in [5, 5.41) is 10.0. The van der Waals surface area contributed by atoms with Gasteiger partial charge in [-0.2, -0.15) is 0 Å². The van der Waals surface area contributed by atoms with E-state index in [-0.39, 0.29) is 17.0 Å². The first-order valence-corrected chi connectivity index (χ1v) is 7.11. The molecule has 2 heterocycles. The average Bonchev–Trinajstić information content (AvgIpc) is 2.95. The monoisotopic (exact) mass is 297 g/mol. The number of nitrogens with zero attached hydrogens (tertiary/aromatic N) is 1. The van der Waals surface area contributed by atoms with Crippen LogP contribution in [0.5, 0.6) is 0 Å². The van der Waals surface area contributed by atoms with Crippen molar-refractivity contribution in [3.05, 3.63) is 17.5 Å². The van der Waals surface area contributed by atoms with Gasteiger partial charge >= 0.3 is 0 Å². The minimum Gasteiger partial charge on any atom is -0.384 e. The van der Waals surface area contributed by atoms with Crippen LogP contribution in [0, 0.1) is 5.41 Å². The first kappa shape index (κ1) is 15.9. The van der Waals surface area contributed by atoms with Crippen LogP contribution in [0.4, 0.5) is 0 Å². The molecule has 0 aromatic carbocycles. The maximum Gasteiger partial charge on any atom is 0.273 e. The van der Waals surface area contributed by atoms with Gasteiger partial charge in [-0.15, -0.1) is 0 Å². The molecular formula is C14H23N3O4. The highest BCUT2D eigenvalue weighted by Crippen LogP contribution is 2.28. The summed E-state index contributed by atoms with van der Waals surface area (Å²) in [5.41, 5.74) is 0.276. The smallest absolute Gasteiger partial charge is 0.273 e. The minimum absolute atomic E-state index is 0.00520. The second kappa shape index (κ2) is 7.53. The lowest BCUT2D eigenvalue weighted by Crippen LogP contribution is -2.47. The van der Waals surface area contributed by atoms with Gasteiger partial charge in [-0.1, -0.05) is 5.16 Å². The molecule has 7 heteroatoms. The van der Waals surface area contributed by atoms with Crippen molar-refractivity contribution in [2.45, 2.75) is 19.4 Å². The molecule has 0 unspecified atom stereocenters. The van der Waals surface area contributed by atoms with Crippen molar-refractivity contribution < 1.29 is 18.8 Å². The fourth-order valence-corrected chi connectivity index (χ4v) is 2.62. The van der Waals surface area contributed by atoms with Crippen LogP contribution in [0.1, 0.15) is 29.1 Å².